The lowest BCUT2D eigenvalue weighted by Gasteiger charge is -2.44. The SMILES string of the molecule is CNCC1(CN2CCC(C)(C)CC2)CCCCC1. The molecule has 0 atom stereocenters. The van der Waals surface area contributed by atoms with Crippen molar-refractivity contribution < 1.29 is 0 Å². The molecule has 2 fully saturated rings. The summed E-state index contributed by atoms with van der Waals surface area (Å²) in [6, 6.07) is 0. The molecule has 2 rings (SSSR count). The molecule has 1 aliphatic heterocycles. The molecular weight excluding hydrogens is 220 g/mol. The van der Waals surface area contributed by atoms with Crippen LogP contribution in [0.5, 0.6) is 0 Å². The van der Waals surface area contributed by atoms with Gasteiger partial charge in [-0.1, -0.05) is 33.1 Å². The third-order valence-corrected chi connectivity index (χ3v) is 5.23. The topological polar surface area (TPSA) is 15.3 Å². The third-order valence-electron chi connectivity index (χ3n) is 5.23. The lowest BCUT2D eigenvalue weighted by molar-refractivity contribution is 0.0607. The van der Waals surface area contributed by atoms with E-state index in [1.54, 1.807) is 0 Å². The summed E-state index contributed by atoms with van der Waals surface area (Å²) in [5, 5.41) is 3.46. The molecule has 0 bridgehead atoms. The van der Waals surface area contributed by atoms with Gasteiger partial charge in [-0.25, -0.2) is 0 Å². The van der Waals surface area contributed by atoms with E-state index in [-0.39, 0.29) is 0 Å². The molecule has 1 aliphatic carbocycles. The molecule has 2 nitrogen and oxygen atoms in total. The van der Waals surface area contributed by atoms with Gasteiger partial charge in [0.15, 0.2) is 0 Å². The maximum Gasteiger partial charge on any atom is 0.00501 e. The van der Waals surface area contributed by atoms with E-state index in [2.05, 4.69) is 31.1 Å². The maximum atomic E-state index is 3.46. The number of nitrogens with zero attached hydrogens (tertiary/aromatic N) is 1. The number of hydrogen-bond acceptors (Lipinski definition) is 2. The quantitative estimate of drug-likeness (QED) is 0.826. The molecule has 106 valence electrons. The Labute approximate surface area is 114 Å². The van der Waals surface area contributed by atoms with Crippen LogP contribution >= 0.6 is 0 Å². The van der Waals surface area contributed by atoms with Crippen molar-refractivity contribution in [3.05, 3.63) is 0 Å². The highest BCUT2D eigenvalue weighted by Crippen LogP contribution is 2.38. The van der Waals surface area contributed by atoms with Gasteiger partial charge in [0.05, 0.1) is 0 Å². The Morgan fingerprint density at radius 3 is 2.11 bits per heavy atom. The van der Waals surface area contributed by atoms with Gasteiger partial charge in [0.2, 0.25) is 0 Å². The molecule has 2 heteroatoms. The van der Waals surface area contributed by atoms with E-state index in [1.807, 2.05) is 0 Å². The first-order valence-electron chi connectivity index (χ1n) is 7.92. The molecule has 18 heavy (non-hydrogen) atoms. The highest BCUT2D eigenvalue weighted by atomic mass is 15.1. The van der Waals surface area contributed by atoms with Gasteiger partial charge < -0.3 is 10.2 Å². The summed E-state index contributed by atoms with van der Waals surface area (Å²) in [4.78, 5) is 2.74. The van der Waals surface area contributed by atoms with E-state index < -0.39 is 0 Å². The Morgan fingerprint density at radius 2 is 1.56 bits per heavy atom. The van der Waals surface area contributed by atoms with E-state index >= 15 is 0 Å². The van der Waals surface area contributed by atoms with Crippen LogP contribution in [-0.2, 0) is 0 Å². The van der Waals surface area contributed by atoms with Crippen molar-refractivity contribution in [3.63, 3.8) is 0 Å². The lowest BCUT2D eigenvalue weighted by Crippen LogP contribution is -2.48. The first-order chi connectivity index (χ1) is 8.55. The van der Waals surface area contributed by atoms with Gasteiger partial charge in [0, 0.05) is 13.1 Å². The second-order valence-electron chi connectivity index (χ2n) is 7.53. The van der Waals surface area contributed by atoms with Gasteiger partial charge in [-0.2, -0.15) is 0 Å². The van der Waals surface area contributed by atoms with Gasteiger partial charge in [-0.3, -0.25) is 0 Å². The normalized spacial score (nSPS) is 28.2. The third kappa shape index (κ3) is 3.71. The molecule has 0 spiro atoms. The molecule has 1 saturated heterocycles. The Bertz CT molecular complexity index is 238. The van der Waals surface area contributed by atoms with Gasteiger partial charge in [-0.05, 0) is 56.7 Å². The fourth-order valence-corrected chi connectivity index (χ4v) is 3.86. The summed E-state index contributed by atoms with van der Waals surface area (Å²) in [5.41, 5.74) is 1.16. The summed E-state index contributed by atoms with van der Waals surface area (Å²) in [5.74, 6) is 0. The largest absolute Gasteiger partial charge is 0.319 e. The second-order valence-corrected chi connectivity index (χ2v) is 7.53. The maximum absolute atomic E-state index is 3.46. The molecule has 1 N–H and O–H groups in total. The number of piperidine rings is 1. The van der Waals surface area contributed by atoms with Crippen LogP contribution in [-0.4, -0.2) is 38.1 Å². The predicted octanol–water partition coefficient (Wildman–Crippen LogP) is 3.28. The van der Waals surface area contributed by atoms with Crippen LogP contribution in [0.1, 0.15) is 58.8 Å². The number of likely N-dealkylation sites (tertiary alicyclic amines) is 1. The highest BCUT2D eigenvalue weighted by Gasteiger charge is 2.35. The monoisotopic (exact) mass is 252 g/mol. The van der Waals surface area contributed by atoms with Crippen molar-refractivity contribution in [3.8, 4) is 0 Å². The average molecular weight is 252 g/mol. The van der Waals surface area contributed by atoms with E-state index in [0.29, 0.717) is 10.8 Å². The summed E-state index contributed by atoms with van der Waals surface area (Å²) >= 11 is 0. The summed E-state index contributed by atoms with van der Waals surface area (Å²) in [7, 11) is 2.12. The summed E-state index contributed by atoms with van der Waals surface area (Å²) < 4.78 is 0. The zero-order valence-corrected chi connectivity index (χ0v) is 12.7. The minimum absolute atomic E-state index is 0.578. The number of hydrogen-bond donors (Lipinski definition) is 1. The van der Waals surface area contributed by atoms with Crippen LogP contribution in [0.25, 0.3) is 0 Å². The summed E-state index contributed by atoms with van der Waals surface area (Å²) in [6.07, 6.45) is 9.98. The molecular formula is C16H32N2. The van der Waals surface area contributed by atoms with Crippen LogP contribution < -0.4 is 5.32 Å². The van der Waals surface area contributed by atoms with Gasteiger partial charge in [0.1, 0.15) is 0 Å². The van der Waals surface area contributed by atoms with Crippen molar-refractivity contribution in [2.75, 3.05) is 33.2 Å². The molecule has 2 aliphatic rings. The van der Waals surface area contributed by atoms with E-state index in [1.165, 1.54) is 71.1 Å². The fourth-order valence-electron chi connectivity index (χ4n) is 3.86. The van der Waals surface area contributed by atoms with Crippen LogP contribution in [0.4, 0.5) is 0 Å². The van der Waals surface area contributed by atoms with Crippen molar-refractivity contribution in [2.24, 2.45) is 10.8 Å². The van der Waals surface area contributed by atoms with Gasteiger partial charge in [-0.15, -0.1) is 0 Å². The zero-order valence-electron chi connectivity index (χ0n) is 12.7. The van der Waals surface area contributed by atoms with E-state index in [9.17, 15) is 0 Å². The van der Waals surface area contributed by atoms with Crippen LogP contribution in [0.15, 0.2) is 0 Å². The molecule has 0 aromatic carbocycles. The Kier molecular flexibility index (Phi) is 4.71. The Balaban J connectivity index is 1.89. The lowest BCUT2D eigenvalue weighted by atomic mass is 9.72. The van der Waals surface area contributed by atoms with Crippen LogP contribution in [0, 0.1) is 10.8 Å². The Hall–Kier alpha value is -0.0800. The number of rotatable bonds is 4. The van der Waals surface area contributed by atoms with E-state index in [4.69, 9.17) is 0 Å². The first kappa shape index (κ1) is 14.3. The number of nitrogens with one attached hydrogen (secondary N) is 1. The van der Waals surface area contributed by atoms with Crippen molar-refractivity contribution >= 4 is 0 Å². The molecule has 0 amide bonds. The predicted molar refractivity (Wildman–Crippen MR) is 78.9 cm³/mol. The van der Waals surface area contributed by atoms with Gasteiger partial charge >= 0.3 is 0 Å². The molecule has 0 aromatic rings. The van der Waals surface area contributed by atoms with Crippen molar-refractivity contribution in [2.45, 2.75) is 58.8 Å². The molecule has 1 saturated carbocycles. The molecule has 0 radical (unpaired) electrons. The molecule has 1 heterocycles. The van der Waals surface area contributed by atoms with Crippen molar-refractivity contribution in [1.82, 2.24) is 10.2 Å². The smallest absolute Gasteiger partial charge is 0.00501 e. The van der Waals surface area contributed by atoms with Gasteiger partial charge in [0.25, 0.3) is 0 Å². The summed E-state index contributed by atoms with van der Waals surface area (Å²) in [6.45, 7) is 10.0. The Morgan fingerprint density at radius 1 is 0.944 bits per heavy atom. The molecule has 0 aromatic heterocycles. The van der Waals surface area contributed by atoms with Crippen molar-refractivity contribution in [1.29, 1.82) is 0 Å². The highest BCUT2D eigenvalue weighted by molar-refractivity contribution is 4.89. The van der Waals surface area contributed by atoms with E-state index in [0.717, 1.165) is 0 Å². The standard InChI is InChI=1S/C16H32N2/c1-15(2)9-11-18(12-10-15)14-16(13-17-3)7-5-4-6-8-16/h17H,4-14H2,1-3H3. The fraction of sp³-hybridized carbons (Fsp3) is 1.00. The van der Waals surface area contributed by atoms with Crippen LogP contribution in [0.3, 0.4) is 0 Å². The minimum Gasteiger partial charge on any atom is -0.319 e. The molecule has 0 unspecified atom stereocenters. The zero-order chi connectivity index (χ0) is 13.1. The minimum atomic E-state index is 0.578. The average Bonchev–Trinajstić information content (AvgIpc) is 2.34. The first-order valence-corrected chi connectivity index (χ1v) is 7.92. The van der Waals surface area contributed by atoms with Crippen LogP contribution in [0.2, 0.25) is 0 Å². The second kappa shape index (κ2) is 5.92.